The summed E-state index contributed by atoms with van der Waals surface area (Å²) in [4.78, 5) is 15.1. The van der Waals surface area contributed by atoms with Crippen molar-refractivity contribution >= 4 is 23.4 Å². The van der Waals surface area contributed by atoms with E-state index in [4.69, 9.17) is 9.15 Å². The van der Waals surface area contributed by atoms with Crippen LogP contribution in [0.4, 0.5) is 0 Å². The standard InChI is InChI=1S/C25H30N2O4.ClH/c1-17-21-15-20(16-26-8-9-27-10-12-30-13-11-27)23(28)18(2)24(21)31-25(29)22(17)14-19-6-4-3-5-7-19;/h3-7,15,26,28H,8-14,16H2,1-2H3;1H. The first kappa shape index (κ1) is 24.3. The number of halogens is 1. The number of benzene rings is 2. The molecule has 2 N–H and O–H groups in total. The summed E-state index contributed by atoms with van der Waals surface area (Å²) in [5.74, 6) is 0.185. The van der Waals surface area contributed by atoms with Gasteiger partial charge in [0, 0.05) is 61.2 Å². The maximum absolute atomic E-state index is 12.7. The average molecular weight is 459 g/mol. The van der Waals surface area contributed by atoms with E-state index in [0.717, 1.165) is 61.5 Å². The van der Waals surface area contributed by atoms with Crippen molar-refractivity contribution in [1.29, 1.82) is 0 Å². The van der Waals surface area contributed by atoms with E-state index in [1.165, 1.54) is 0 Å². The smallest absolute Gasteiger partial charge is 0.340 e. The minimum Gasteiger partial charge on any atom is -0.507 e. The SMILES string of the molecule is Cc1c(Cc2ccccc2)c(=O)oc2c(C)c(O)c(CNCCN3CCOCC3)cc12.Cl. The van der Waals surface area contributed by atoms with Gasteiger partial charge in [-0.3, -0.25) is 4.90 Å². The van der Waals surface area contributed by atoms with Gasteiger partial charge in [0.15, 0.2) is 0 Å². The van der Waals surface area contributed by atoms with Gasteiger partial charge in [-0.05, 0) is 31.0 Å². The summed E-state index contributed by atoms with van der Waals surface area (Å²) in [6.45, 7) is 9.61. The highest BCUT2D eigenvalue weighted by Gasteiger charge is 2.18. The molecule has 1 aliphatic rings. The molecule has 2 heterocycles. The Morgan fingerprint density at radius 3 is 2.53 bits per heavy atom. The van der Waals surface area contributed by atoms with Crippen LogP contribution in [-0.4, -0.2) is 49.4 Å². The first-order valence-corrected chi connectivity index (χ1v) is 10.9. The largest absolute Gasteiger partial charge is 0.507 e. The predicted molar refractivity (Wildman–Crippen MR) is 129 cm³/mol. The van der Waals surface area contributed by atoms with Crippen LogP contribution in [0.3, 0.4) is 0 Å². The Labute approximate surface area is 194 Å². The number of phenolic OH excluding ortho intramolecular Hbond substituents is 1. The van der Waals surface area contributed by atoms with Gasteiger partial charge < -0.3 is 19.6 Å². The van der Waals surface area contributed by atoms with E-state index in [2.05, 4.69) is 10.2 Å². The number of hydrogen-bond acceptors (Lipinski definition) is 6. The van der Waals surface area contributed by atoms with Crippen LogP contribution in [0.2, 0.25) is 0 Å². The van der Waals surface area contributed by atoms with Crippen LogP contribution in [0.1, 0.15) is 27.8 Å². The molecule has 0 aliphatic carbocycles. The van der Waals surface area contributed by atoms with Gasteiger partial charge in [-0.15, -0.1) is 12.4 Å². The zero-order chi connectivity index (χ0) is 21.8. The van der Waals surface area contributed by atoms with E-state index < -0.39 is 0 Å². The van der Waals surface area contributed by atoms with Gasteiger partial charge in [-0.2, -0.15) is 0 Å². The maximum Gasteiger partial charge on any atom is 0.340 e. The third kappa shape index (κ3) is 5.33. The summed E-state index contributed by atoms with van der Waals surface area (Å²) in [6, 6.07) is 11.9. The Bertz CT molecular complexity index is 1110. The molecule has 32 heavy (non-hydrogen) atoms. The van der Waals surface area contributed by atoms with Gasteiger partial charge in [-0.25, -0.2) is 4.79 Å². The van der Waals surface area contributed by atoms with Crippen molar-refractivity contribution in [3.63, 3.8) is 0 Å². The normalized spacial score (nSPS) is 14.4. The molecule has 0 radical (unpaired) electrons. The van der Waals surface area contributed by atoms with Crippen LogP contribution in [0.5, 0.6) is 5.75 Å². The number of morpholine rings is 1. The number of hydrogen-bond donors (Lipinski definition) is 2. The van der Waals surface area contributed by atoms with Gasteiger partial charge in [0.25, 0.3) is 0 Å². The molecule has 0 spiro atoms. The lowest BCUT2D eigenvalue weighted by molar-refractivity contribution is 0.0384. The molecule has 0 amide bonds. The average Bonchev–Trinajstić information content (AvgIpc) is 2.79. The molecule has 0 unspecified atom stereocenters. The fourth-order valence-electron chi connectivity index (χ4n) is 4.16. The molecular formula is C25H31ClN2O4. The van der Waals surface area contributed by atoms with Gasteiger partial charge in [0.05, 0.1) is 13.2 Å². The number of nitrogens with one attached hydrogen (secondary N) is 1. The van der Waals surface area contributed by atoms with Gasteiger partial charge in [-0.1, -0.05) is 30.3 Å². The molecule has 1 aromatic heterocycles. The third-order valence-corrected chi connectivity index (χ3v) is 6.11. The summed E-state index contributed by atoms with van der Waals surface area (Å²) >= 11 is 0. The van der Waals surface area contributed by atoms with Crippen LogP contribution in [-0.2, 0) is 17.7 Å². The Morgan fingerprint density at radius 1 is 1.09 bits per heavy atom. The lowest BCUT2D eigenvalue weighted by Gasteiger charge is -2.26. The molecule has 6 nitrogen and oxygen atoms in total. The topological polar surface area (TPSA) is 74.9 Å². The van der Waals surface area contributed by atoms with Gasteiger partial charge >= 0.3 is 5.63 Å². The number of phenols is 1. The molecule has 2 aromatic carbocycles. The van der Waals surface area contributed by atoms with Gasteiger partial charge in [0.1, 0.15) is 11.3 Å². The molecular weight excluding hydrogens is 428 g/mol. The van der Waals surface area contributed by atoms with Crippen molar-refractivity contribution in [3.8, 4) is 5.75 Å². The fourth-order valence-corrected chi connectivity index (χ4v) is 4.16. The van der Waals surface area contributed by atoms with E-state index in [0.29, 0.717) is 29.7 Å². The van der Waals surface area contributed by atoms with E-state index in [9.17, 15) is 9.90 Å². The first-order chi connectivity index (χ1) is 15.0. The Balaban J connectivity index is 0.00000289. The van der Waals surface area contributed by atoms with Crippen molar-refractivity contribution in [2.45, 2.75) is 26.8 Å². The number of nitrogens with zero attached hydrogens (tertiary/aromatic N) is 1. The minimum absolute atomic E-state index is 0. The highest BCUT2D eigenvalue weighted by molar-refractivity contribution is 5.87. The lowest BCUT2D eigenvalue weighted by atomic mass is 9.96. The molecule has 0 saturated carbocycles. The second-order valence-corrected chi connectivity index (χ2v) is 8.17. The van der Waals surface area contributed by atoms with Crippen molar-refractivity contribution in [1.82, 2.24) is 10.2 Å². The zero-order valence-corrected chi connectivity index (χ0v) is 19.5. The molecule has 0 atom stereocenters. The number of ether oxygens (including phenoxy) is 1. The second kappa shape index (κ2) is 11.0. The summed E-state index contributed by atoms with van der Waals surface area (Å²) in [5, 5.41) is 15.0. The van der Waals surface area contributed by atoms with Crippen LogP contribution in [0.25, 0.3) is 11.0 Å². The fraction of sp³-hybridized carbons (Fsp3) is 0.400. The monoisotopic (exact) mass is 458 g/mol. The molecule has 1 fully saturated rings. The Kier molecular flexibility index (Phi) is 8.32. The summed E-state index contributed by atoms with van der Waals surface area (Å²) in [7, 11) is 0. The highest BCUT2D eigenvalue weighted by Crippen LogP contribution is 2.32. The predicted octanol–water partition coefficient (Wildman–Crippen LogP) is 3.55. The number of aromatic hydroxyl groups is 1. The number of rotatable bonds is 7. The van der Waals surface area contributed by atoms with Crippen LogP contribution >= 0.6 is 12.4 Å². The Hall–Kier alpha value is -2.38. The maximum atomic E-state index is 12.7. The van der Waals surface area contributed by atoms with Crippen LogP contribution in [0.15, 0.2) is 45.6 Å². The van der Waals surface area contributed by atoms with Crippen molar-refractivity contribution in [2.24, 2.45) is 0 Å². The van der Waals surface area contributed by atoms with Gasteiger partial charge in [0.2, 0.25) is 0 Å². The highest BCUT2D eigenvalue weighted by atomic mass is 35.5. The van der Waals surface area contributed by atoms with E-state index in [1.54, 1.807) is 6.92 Å². The molecule has 4 rings (SSSR count). The summed E-state index contributed by atoms with van der Waals surface area (Å²) in [6.07, 6.45) is 0.526. The van der Waals surface area contributed by atoms with Crippen molar-refractivity contribution < 1.29 is 14.3 Å². The van der Waals surface area contributed by atoms with E-state index in [1.807, 2.05) is 43.3 Å². The van der Waals surface area contributed by atoms with Crippen molar-refractivity contribution in [2.75, 3.05) is 39.4 Å². The van der Waals surface area contributed by atoms with Crippen LogP contribution < -0.4 is 10.9 Å². The van der Waals surface area contributed by atoms with Crippen LogP contribution in [0, 0.1) is 13.8 Å². The number of aryl methyl sites for hydroxylation is 2. The molecule has 3 aromatic rings. The summed E-state index contributed by atoms with van der Waals surface area (Å²) in [5.41, 5.74) is 4.19. The zero-order valence-electron chi connectivity index (χ0n) is 18.6. The molecule has 7 heteroatoms. The number of fused-ring (bicyclic) bond motifs is 1. The third-order valence-electron chi connectivity index (χ3n) is 6.11. The molecule has 172 valence electrons. The van der Waals surface area contributed by atoms with E-state index in [-0.39, 0.29) is 23.8 Å². The Morgan fingerprint density at radius 2 is 1.81 bits per heavy atom. The summed E-state index contributed by atoms with van der Waals surface area (Å²) < 4.78 is 11.0. The lowest BCUT2D eigenvalue weighted by Crippen LogP contribution is -2.40. The molecule has 1 aliphatic heterocycles. The molecule has 0 bridgehead atoms. The van der Waals surface area contributed by atoms with E-state index >= 15 is 0 Å². The first-order valence-electron chi connectivity index (χ1n) is 10.9. The molecule has 1 saturated heterocycles. The minimum atomic E-state index is -0.340. The second-order valence-electron chi connectivity index (χ2n) is 8.17. The quantitative estimate of drug-likeness (QED) is 0.416. The van der Waals surface area contributed by atoms with Crippen molar-refractivity contribution in [3.05, 3.63) is 74.6 Å².